The molecule has 0 aliphatic carbocycles. The van der Waals surface area contributed by atoms with Crippen LogP contribution in [0.5, 0.6) is 0 Å². The maximum Gasteiger partial charge on any atom is 0.338 e. The molecule has 3 rings (SSSR count). The number of hydrogen-bond acceptors (Lipinski definition) is 9. The molecule has 174 valence electrons. The highest BCUT2D eigenvalue weighted by Crippen LogP contribution is 2.20. The minimum Gasteiger partial charge on any atom is -0.462 e. The Balaban J connectivity index is 1.59. The van der Waals surface area contributed by atoms with E-state index >= 15 is 0 Å². The molecule has 2 aromatic carbocycles. The lowest BCUT2D eigenvalue weighted by atomic mass is 10.1. The van der Waals surface area contributed by atoms with Crippen LogP contribution in [0.2, 0.25) is 0 Å². The summed E-state index contributed by atoms with van der Waals surface area (Å²) >= 11 is 0. The Bertz CT molecular complexity index is 1030. The molecule has 1 aliphatic heterocycles. The Kier molecular flexibility index (Phi) is 7.92. The predicted molar refractivity (Wildman–Crippen MR) is 117 cm³/mol. The molecule has 0 atom stereocenters. The Morgan fingerprint density at radius 3 is 2.21 bits per heavy atom. The highest BCUT2D eigenvalue weighted by atomic mass is 16.6. The summed E-state index contributed by atoms with van der Waals surface area (Å²) in [7, 11) is 0. The zero-order valence-electron chi connectivity index (χ0n) is 17.9. The summed E-state index contributed by atoms with van der Waals surface area (Å²) in [6.07, 6.45) is 0. The number of non-ortho nitro benzene ring substituents is 1. The summed E-state index contributed by atoms with van der Waals surface area (Å²) in [5.41, 5.74) is 0.647. The van der Waals surface area contributed by atoms with Crippen LogP contribution in [-0.4, -0.2) is 62.3 Å². The normalized spacial score (nSPS) is 13.2. The van der Waals surface area contributed by atoms with Crippen LogP contribution in [0, 0.1) is 10.1 Å². The molecule has 1 N–H and O–H groups in total. The minimum absolute atomic E-state index is 0.0644. The third-order valence-electron chi connectivity index (χ3n) is 4.74. The SMILES string of the molecule is CCOC(=O)c1cc(C(=O)OCC(=O)Nc2ccc(N3CCOCC3)cc2)cc([N+](=O)[O-])c1. The van der Waals surface area contributed by atoms with E-state index in [0.717, 1.165) is 37.0 Å². The van der Waals surface area contributed by atoms with Gasteiger partial charge in [0.25, 0.3) is 11.6 Å². The molecule has 0 saturated carbocycles. The van der Waals surface area contributed by atoms with Crippen LogP contribution in [0.25, 0.3) is 0 Å². The molecule has 1 saturated heterocycles. The number of carbonyl (C=O) groups is 3. The van der Waals surface area contributed by atoms with Crippen molar-refractivity contribution in [2.75, 3.05) is 49.7 Å². The maximum absolute atomic E-state index is 12.3. The molecule has 1 fully saturated rings. The Labute approximate surface area is 189 Å². The lowest BCUT2D eigenvalue weighted by Crippen LogP contribution is -2.36. The number of hydrogen-bond donors (Lipinski definition) is 1. The molecule has 0 radical (unpaired) electrons. The standard InChI is InChI=1S/C22H23N3O8/c1-2-32-21(27)15-11-16(13-19(12-15)25(29)30)22(28)33-14-20(26)23-17-3-5-18(6-4-17)24-7-9-31-10-8-24/h3-6,11-13H,2,7-10,14H2,1H3,(H,23,26). The van der Waals surface area contributed by atoms with Gasteiger partial charge in [-0.3, -0.25) is 14.9 Å². The molecule has 11 heteroatoms. The second kappa shape index (κ2) is 11.0. The van der Waals surface area contributed by atoms with Gasteiger partial charge in [-0.1, -0.05) is 0 Å². The molecule has 11 nitrogen and oxygen atoms in total. The third kappa shape index (κ3) is 6.50. The van der Waals surface area contributed by atoms with E-state index in [-0.39, 0.29) is 17.7 Å². The second-order valence-corrected chi connectivity index (χ2v) is 7.02. The molecule has 2 aromatic rings. The third-order valence-corrected chi connectivity index (χ3v) is 4.74. The van der Waals surface area contributed by atoms with Crippen molar-refractivity contribution in [2.45, 2.75) is 6.92 Å². The van der Waals surface area contributed by atoms with E-state index < -0.39 is 35.1 Å². The van der Waals surface area contributed by atoms with Gasteiger partial charge in [-0.05, 0) is 37.3 Å². The fourth-order valence-electron chi connectivity index (χ4n) is 3.16. The first-order valence-corrected chi connectivity index (χ1v) is 10.2. The predicted octanol–water partition coefficient (Wildman–Crippen LogP) is 2.40. The van der Waals surface area contributed by atoms with E-state index in [2.05, 4.69) is 10.2 Å². The lowest BCUT2D eigenvalue weighted by molar-refractivity contribution is -0.384. The number of ether oxygens (including phenoxy) is 3. The van der Waals surface area contributed by atoms with Crippen LogP contribution in [0.1, 0.15) is 27.6 Å². The highest BCUT2D eigenvalue weighted by Gasteiger charge is 2.20. The van der Waals surface area contributed by atoms with Gasteiger partial charge in [-0.25, -0.2) is 9.59 Å². The first kappa shape index (κ1) is 23.7. The van der Waals surface area contributed by atoms with Crippen molar-refractivity contribution < 1.29 is 33.5 Å². The fraction of sp³-hybridized carbons (Fsp3) is 0.318. The molecular formula is C22H23N3O8. The minimum atomic E-state index is -0.984. The fourth-order valence-corrected chi connectivity index (χ4v) is 3.16. The first-order chi connectivity index (χ1) is 15.9. The second-order valence-electron chi connectivity index (χ2n) is 7.02. The number of nitrogens with one attached hydrogen (secondary N) is 1. The molecular weight excluding hydrogens is 434 g/mol. The summed E-state index contributed by atoms with van der Waals surface area (Å²) < 4.78 is 15.1. The van der Waals surface area contributed by atoms with Gasteiger partial charge in [-0.2, -0.15) is 0 Å². The molecule has 0 aromatic heterocycles. The molecule has 0 unspecified atom stereocenters. The number of rotatable bonds is 8. The van der Waals surface area contributed by atoms with Crippen LogP contribution in [0.4, 0.5) is 17.1 Å². The molecule has 1 heterocycles. The maximum atomic E-state index is 12.3. The van der Waals surface area contributed by atoms with Crippen molar-refractivity contribution in [3.8, 4) is 0 Å². The Morgan fingerprint density at radius 1 is 1.03 bits per heavy atom. The van der Waals surface area contributed by atoms with Crippen molar-refractivity contribution in [1.82, 2.24) is 0 Å². The highest BCUT2D eigenvalue weighted by molar-refractivity contribution is 5.98. The molecule has 33 heavy (non-hydrogen) atoms. The smallest absolute Gasteiger partial charge is 0.338 e. The number of amides is 1. The van der Waals surface area contributed by atoms with Crippen molar-refractivity contribution in [2.24, 2.45) is 0 Å². The van der Waals surface area contributed by atoms with Gasteiger partial charge in [0.2, 0.25) is 0 Å². The zero-order chi connectivity index (χ0) is 23.8. The zero-order valence-corrected chi connectivity index (χ0v) is 17.9. The van der Waals surface area contributed by atoms with Crippen LogP contribution >= 0.6 is 0 Å². The Morgan fingerprint density at radius 2 is 1.64 bits per heavy atom. The van der Waals surface area contributed by atoms with Crippen molar-refractivity contribution in [1.29, 1.82) is 0 Å². The van der Waals surface area contributed by atoms with Gasteiger partial charge >= 0.3 is 11.9 Å². The van der Waals surface area contributed by atoms with E-state index in [9.17, 15) is 24.5 Å². The van der Waals surface area contributed by atoms with Crippen LogP contribution in [0.3, 0.4) is 0 Å². The van der Waals surface area contributed by atoms with E-state index in [1.165, 1.54) is 0 Å². The number of morpholine rings is 1. The number of carbonyl (C=O) groups excluding carboxylic acids is 3. The van der Waals surface area contributed by atoms with E-state index in [4.69, 9.17) is 14.2 Å². The van der Waals surface area contributed by atoms with Crippen LogP contribution in [-0.2, 0) is 19.0 Å². The van der Waals surface area contributed by atoms with E-state index in [1.807, 2.05) is 12.1 Å². The monoisotopic (exact) mass is 457 g/mol. The largest absolute Gasteiger partial charge is 0.462 e. The number of nitrogens with zero attached hydrogens (tertiary/aromatic N) is 2. The first-order valence-electron chi connectivity index (χ1n) is 10.2. The van der Waals surface area contributed by atoms with Gasteiger partial charge in [0, 0.05) is 36.6 Å². The van der Waals surface area contributed by atoms with E-state index in [1.54, 1.807) is 19.1 Å². The summed E-state index contributed by atoms with van der Waals surface area (Å²) in [4.78, 5) is 49.0. The van der Waals surface area contributed by atoms with E-state index in [0.29, 0.717) is 18.9 Å². The average molecular weight is 457 g/mol. The summed E-state index contributed by atoms with van der Waals surface area (Å²) in [6.45, 7) is 3.94. The van der Waals surface area contributed by atoms with Crippen molar-refractivity contribution in [3.05, 3.63) is 63.7 Å². The molecule has 1 aliphatic rings. The van der Waals surface area contributed by atoms with Gasteiger partial charge in [0.1, 0.15) is 0 Å². The number of nitro benzene ring substituents is 1. The molecule has 0 bridgehead atoms. The number of benzene rings is 2. The van der Waals surface area contributed by atoms with Gasteiger partial charge in [-0.15, -0.1) is 0 Å². The number of esters is 2. The van der Waals surface area contributed by atoms with Crippen molar-refractivity contribution >= 4 is 34.9 Å². The topological polar surface area (TPSA) is 137 Å². The quantitative estimate of drug-likeness (QED) is 0.360. The van der Waals surface area contributed by atoms with Crippen molar-refractivity contribution in [3.63, 3.8) is 0 Å². The summed E-state index contributed by atoms with van der Waals surface area (Å²) in [6, 6.07) is 10.3. The lowest BCUT2D eigenvalue weighted by Gasteiger charge is -2.28. The summed E-state index contributed by atoms with van der Waals surface area (Å²) in [5.74, 6) is -2.38. The summed E-state index contributed by atoms with van der Waals surface area (Å²) in [5, 5.41) is 13.7. The molecule has 1 amide bonds. The number of nitro groups is 1. The number of anilines is 2. The van der Waals surface area contributed by atoms with Gasteiger partial charge < -0.3 is 24.4 Å². The van der Waals surface area contributed by atoms with Crippen LogP contribution in [0.15, 0.2) is 42.5 Å². The van der Waals surface area contributed by atoms with Crippen LogP contribution < -0.4 is 10.2 Å². The van der Waals surface area contributed by atoms with Gasteiger partial charge in [0.05, 0.1) is 35.9 Å². The average Bonchev–Trinajstić information content (AvgIpc) is 2.83. The van der Waals surface area contributed by atoms with Gasteiger partial charge in [0.15, 0.2) is 6.61 Å². The Hall–Kier alpha value is -3.99. The molecule has 0 spiro atoms.